The number of benzene rings is 3. The van der Waals surface area contributed by atoms with Gasteiger partial charge in [-0.25, -0.2) is 9.69 Å². The summed E-state index contributed by atoms with van der Waals surface area (Å²) in [5.41, 5.74) is 4.76. The van der Waals surface area contributed by atoms with Crippen molar-refractivity contribution >= 4 is 55.6 Å². The van der Waals surface area contributed by atoms with E-state index in [0.717, 1.165) is 55.6 Å². The quantitative estimate of drug-likeness (QED) is 0.306. The second-order valence-corrected chi connectivity index (χ2v) is 11.2. The van der Waals surface area contributed by atoms with Crippen LogP contribution in [0.15, 0.2) is 48.5 Å². The molecular weight excluding hydrogens is 504 g/mol. The first-order valence-corrected chi connectivity index (χ1v) is 13.7. The van der Waals surface area contributed by atoms with Crippen molar-refractivity contribution in [3.8, 4) is 12.3 Å². The molecule has 3 aromatic carbocycles. The number of carbonyl (C=O) groups excluding carboxylic acids is 2. The highest BCUT2D eigenvalue weighted by Crippen LogP contribution is 2.55. The van der Waals surface area contributed by atoms with Gasteiger partial charge in [0, 0.05) is 39.9 Å². The Bertz CT molecular complexity index is 2000. The van der Waals surface area contributed by atoms with Gasteiger partial charge in [-0.05, 0) is 31.7 Å². The number of nitrogens with zero attached hydrogens (tertiary/aromatic N) is 3. The number of nitrogens with one attached hydrogen (secondary N) is 1. The van der Waals surface area contributed by atoms with Gasteiger partial charge in [-0.3, -0.25) is 4.79 Å². The molecule has 0 radical (unpaired) electrons. The predicted octanol–water partition coefficient (Wildman–Crippen LogP) is 5.46. The third-order valence-electron chi connectivity index (χ3n) is 9.52. The molecule has 0 saturated carbocycles. The minimum absolute atomic E-state index is 0.118. The van der Waals surface area contributed by atoms with Gasteiger partial charge >= 0.3 is 6.09 Å². The van der Waals surface area contributed by atoms with E-state index in [1.54, 1.807) is 0 Å². The number of hydrogen-bond donors (Lipinski definition) is 1. The first-order chi connectivity index (χ1) is 19.4. The maximum atomic E-state index is 14.1. The maximum Gasteiger partial charge on any atom is 0.418 e. The molecule has 0 unspecified atom stereocenters. The number of amides is 2. The number of imide groups is 1. The Labute approximate surface area is 230 Å². The van der Waals surface area contributed by atoms with Crippen LogP contribution in [-0.4, -0.2) is 45.7 Å². The molecule has 5 heterocycles. The highest BCUT2D eigenvalue weighted by Gasteiger charge is 2.51. The van der Waals surface area contributed by atoms with Gasteiger partial charge < -0.3 is 23.9 Å². The van der Waals surface area contributed by atoms with Gasteiger partial charge in [-0.1, -0.05) is 49.2 Å². The molecular formula is C32H28N4O4. The molecule has 8 nitrogen and oxygen atoms in total. The Balaban J connectivity index is 1.60. The molecule has 3 aliphatic heterocycles. The molecule has 2 amide bonds. The summed E-state index contributed by atoms with van der Waals surface area (Å²) in [5, 5.41) is 7.39. The summed E-state index contributed by atoms with van der Waals surface area (Å²) >= 11 is 0. The van der Waals surface area contributed by atoms with E-state index in [4.69, 9.17) is 15.9 Å². The van der Waals surface area contributed by atoms with Crippen LogP contribution in [0, 0.1) is 18.3 Å². The third kappa shape index (κ3) is 2.64. The molecule has 2 aromatic heterocycles. The van der Waals surface area contributed by atoms with Crippen LogP contribution < -0.4 is 5.32 Å². The van der Waals surface area contributed by atoms with Crippen LogP contribution in [0.2, 0.25) is 0 Å². The third-order valence-corrected chi connectivity index (χ3v) is 9.52. The minimum atomic E-state index is -0.724. The van der Waals surface area contributed by atoms with E-state index in [9.17, 15) is 9.59 Å². The summed E-state index contributed by atoms with van der Waals surface area (Å²) in [6.07, 6.45) is 5.13. The molecule has 8 heteroatoms. The van der Waals surface area contributed by atoms with E-state index in [2.05, 4.69) is 58.5 Å². The van der Waals surface area contributed by atoms with Gasteiger partial charge in [0.2, 0.25) is 0 Å². The first-order valence-electron chi connectivity index (χ1n) is 13.7. The summed E-state index contributed by atoms with van der Waals surface area (Å²) in [6, 6.07) is 16.7. The van der Waals surface area contributed by atoms with Crippen LogP contribution >= 0.6 is 0 Å². The zero-order chi connectivity index (χ0) is 27.5. The topological polar surface area (TPSA) is 77.7 Å². The molecule has 200 valence electrons. The maximum absolute atomic E-state index is 14.1. The lowest BCUT2D eigenvalue weighted by Crippen LogP contribution is -2.54. The number of rotatable bonds is 2. The van der Waals surface area contributed by atoms with Gasteiger partial charge in [0.1, 0.15) is 12.0 Å². The van der Waals surface area contributed by atoms with Crippen molar-refractivity contribution < 1.29 is 19.1 Å². The largest absolute Gasteiger partial charge is 0.436 e. The lowest BCUT2D eigenvalue weighted by Gasteiger charge is -2.48. The fourth-order valence-corrected chi connectivity index (χ4v) is 7.65. The lowest BCUT2D eigenvalue weighted by molar-refractivity contribution is -0.224. The van der Waals surface area contributed by atoms with Crippen LogP contribution in [0.25, 0.3) is 43.6 Å². The minimum Gasteiger partial charge on any atom is -0.436 e. The molecule has 1 fully saturated rings. The second kappa shape index (κ2) is 7.87. The van der Waals surface area contributed by atoms with Crippen molar-refractivity contribution in [1.82, 2.24) is 19.4 Å². The Morgan fingerprint density at radius 2 is 1.82 bits per heavy atom. The number of para-hydroxylation sites is 2. The lowest BCUT2D eigenvalue weighted by atomic mass is 9.85. The van der Waals surface area contributed by atoms with Crippen LogP contribution in [-0.2, 0) is 21.7 Å². The van der Waals surface area contributed by atoms with Gasteiger partial charge in [-0.15, -0.1) is 6.42 Å². The van der Waals surface area contributed by atoms with E-state index in [1.807, 2.05) is 31.3 Å². The van der Waals surface area contributed by atoms with Gasteiger partial charge in [0.05, 0.1) is 34.2 Å². The molecule has 0 aliphatic carbocycles. The number of aromatic nitrogens is 2. The molecule has 8 rings (SSSR count). The van der Waals surface area contributed by atoms with Crippen molar-refractivity contribution in [3.05, 3.63) is 59.7 Å². The van der Waals surface area contributed by atoms with Gasteiger partial charge in [0.25, 0.3) is 5.91 Å². The summed E-state index contributed by atoms with van der Waals surface area (Å²) in [4.78, 5) is 28.3. The smallest absolute Gasteiger partial charge is 0.418 e. The fourth-order valence-electron chi connectivity index (χ4n) is 7.65. The van der Waals surface area contributed by atoms with E-state index >= 15 is 0 Å². The molecule has 1 N–H and O–H groups in total. The molecule has 2 bridgehead atoms. The molecule has 4 atom stereocenters. The highest BCUT2D eigenvalue weighted by molar-refractivity contribution is 6.31. The van der Waals surface area contributed by atoms with Crippen molar-refractivity contribution in [1.29, 1.82) is 0 Å². The number of carbonyl (C=O) groups is 2. The van der Waals surface area contributed by atoms with E-state index in [1.165, 1.54) is 4.90 Å². The molecule has 5 aromatic rings. The monoisotopic (exact) mass is 532 g/mol. The van der Waals surface area contributed by atoms with Crippen molar-refractivity contribution in [2.75, 3.05) is 13.7 Å². The number of fused-ring (bicyclic) bond motifs is 13. The average molecular weight is 533 g/mol. The Morgan fingerprint density at radius 1 is 1.12 bits per heavy atom. The number of terminal acetylenes is 1. The van der Waals surface area contributed by atoms with E-state index in [-0.39, 0.29) is 37.2 Å². The average Bonchev–Trinajstić information content (AvgIpc) is 3.59. The van der Waals surface area contributed by atoms with Crippen LogP contribution in [0.4, 0.5) is 4.79 Å². The molecule has 0 spiro atoms. The van der Waals surface area contributed by atoms with Gasteiger partial charge in [0.15, 0.2) is 6.61 Å². The number of hydrogen-bond acceptors (Lipinski definition) is 5. The Hall–Kier alpha value is -4.32. The van der Waals surface area contributed by atoms with E-state index in [0.29, 0.717) is 5.56 Å². The molecule has 40 heavy (non-hydrogen) atoms. The summed E-state index contributed by atoms with van der Waals surface area (Å²) in [6.45, 7) is 4.36. The fraction of sp³-hybridized carbons (Fsp3) is 0.312. The normalized spacial score (nSPS) is 25.2. The Morgan fingerprint density at radius 3 is 2.55 bits per heavy atom. The van der Waals surface area contributed by atoms with Crippen LogP contribution in [0.5, 0.6) is 0 Å². The molecule has 1 saturated heterocycles. The Kier molecular flexibility index (Phi) is 4.64. The standard InChI is InChI=1S/C32H28N4O4/c1-5-14-39-31(38)34-16-20-25-19-11-7-9-13-23(19)36-29(25)28-26(27(20)30(34)37)18-10-6-8-12-22(18)35(28)24-15-21(33-4)17(2)32(36,3)40-24/h1,6-13,17,21,24,33H,14-16H2,2-4H3/t17-,21-,24-,32+/m1/s1. The van der Waals surface area contributed by atoms with Crippen molar-refractivity contribution in [2.24, 2.45) is 5.92 Å². The summed E-state index contributed by atoms with van der Waals surface area (Å²) < 4.78 is 17.0. The van der Waals surface area contributed by atoms with Crippen molar-refractivity contribution in [2.45, 2.75) is 44.8 Å². The van der Waals surface area contributed by atoms with Crippen molar-refractivity contribution in [3.63, 3.8) is 0 Å². The second-order valence-electron chi connectivity index (χ2n) is 11.2. The SMILES string of the molecule is C#CCOC(=O)N1Cc2c(c3c4ccccc4n4c3c3c2c2ccccc2n3[C@@]2(C)O[C@@H]4C[C@@H](NC)[C@H]2C)C1=O. The van der Waals surface area contributed by atoms with Gasteiger partial charge in [-0.2, -0.15) is 0 Å². The van der Waals surface area contributed by atoms with E-state index < -0.39 is 11.8 Å². The zero-order valence-electron chi connectivity index (χ0n) is 22.5. The summed E-state index contributed by atoms with van der Waals surface area (Å²) in [5.74, 6) is 2.10. The highest BCUT2D eigenvalue weighted by atomic mass is 16.6. The molecule has 3 aliphatic rings. The number of ether oxygens (including phenoxy) is 2. The predicted molar refractivity (Wildman–Crippen MR) is 153 cm³/mol. The van der Waals surface area contributed by atoms with Crippen LogP contribution in [0.1, 0.15) is 42.4 Å². The first kappa shape index (κ1) is 23.6. The summed E-state index contributed by atoms with van der Waals surface area (Å²) in [7, 11) is 2.02. The zero-order valence-corrected chi connectivity index (χ0v) is 22.5. The van der Waals surface area contributed by atoms with Crippen LogP contribution in [0.3, 0.4) is 0 Å².